The number of anilines is 1. The molecular weight excluding hydrogens is 406 g/mol. The number of carboxylic acids is 1. The van der Waals surface area contributed by atoms with E-state index in [0.29, 0.717) is 37.4 Å². The third-order valence-corrected chi connectivity index (χ3v) is 5.13. The Kier molecular flexibility index (Phi) is 8.02. The van der Waals surface area contributed by atoms with Crippen LogP contribution in [-0.2, 0) is 17.8 Å². The number of carbonyl (C=O) groups is 1. The van der Waals surface area contributed by atoms with E-state index in [9.17, 15) is 14.7 Å². The van der Waals surface area contributed by atoms with Crippen molar-refractivity contribution < 1.29 is 14.6 Å². The Morgan fingerprint density at radius 1 is 1.12 bits per heavy atom. The molecule has 0 saturated heterocycles. The average Bonchev–Trinajstić information content (AvgIpc) is 2.81. The molecule has 0 radical (unpaired) electrons. The largest absolute Gasteiger partial charge is 0.492 e. The van der Waals surface area contributed by atoms with E-state index in [2.05, 4.69) is 10.3 Å². The molecular formula is C25H29N3O4. The maximum atomic E-state index is 12.7. The van der Waals surface area contributed by atoms with Crippen molar-refractivity contribution in [2.75, 3.05) is 11.9 Å². The van der Waals surface area contributed by atoms with Crippen LogP contribution >= 0.6 is 0 Å². The van der Waals surface area contributed by atoms with E-state index in [1.165, 1.54) is 0 Å². The summed E-state index contributed by atoms with van der Waals surface area (Å²) >= 11 is 0. The van der Waals surface area contributed by atoms with Crippen molar-refractivity contribution in [3.8, 4) is 17.0 Å². The van der Waals surface area contributed by atoms with Gasteiger partial charge in [-0.3, -0.25) is 9.36 Å². The summed E-state index contributed by atoms with van der Waals surface area (Å²) in [5, 5.41) is 12.3. The third kappa shape index (κ3) is 5.97. The zero-order valence-corrected chi connectivity index (χ0v) is 18.5. The lowest BCUT2D eigenvalue weighted by Gasteiger charge is -2.16. The molecule has 7 heteroatoms. The van der Waals surface area contributed by atoms with E-state index in [0.717, 1.165) is 23.5 Å². The number of hydrogen-bond acceptors (Lipinski definition) is 5. The first-order valence-corrected chi connectivity index (χ1v) is 10.9. The summed E-state index contributed by atoms with van der Waals surface area (Å²) in [6.07, 6.45) is 1.98. The van der Waals surface area contributed by atoms with Crippen molar-refractivity contribution >= 4 is 11.7 Å². The number of nitrogens with one attached hydrogen (secondary N) is 1. The Labute approximate surface area is 187 Å². The lowest BCUT2D eigenvalue weighted by atomic mass is 10.1. The zero-order chi connectivity index (χ0) is 22.9. The van der Waals surface area contributed by atoms with Crippen LogP contribution < -0.4 is 15.6 Å². The molecule has 0 saturated carbocycles. The van der Waals surface area contributed by atoms with Crippen LogP contribution in [0, 0.1) is 0 Å². The number of benzene rings is 2. The summed E-state index contributed by atoms with van der Waals surface area (Å²) in [5.74, 6) is 0.504. The average molecular weight is 436 g/mol. The monoisotopic (exact) mass is 435 g/mol. The van der Waals surface area contributed by atoms with Gasteiger partial charge in [-0.25, -0.2) is 9.78 Å². The van der Waals surface area contributed by atoms with Gasteiger partial charge in [-0.05, 0) is 30.7 Å². The number of aromatic nitrogens is 2. The third-order valence-electron chi connectivity index (χ3n) is 5.13. The predicted octanol–water partition coefficient (Wildman–Crippen LogP) is 4.22. The van der Waals surface area contributed by atoms with Crippen molar-refractivity contribution in [1.29, 1.82) is 0 Å². The van der Waals surface area contributed by atoms with E-state index >= 15 is 0 Å². The lowest BCUT2D eigenvalue weighted by molar-refractivity contribution is -0.138. The summed E-state index contributed by atoms with van der Waals surface area (Å²) < 4.78 is 7.45. The molecule has 0 spiro atoms. The van der Waals surface area contributed by atoms with Crippen LogP contribution in [0.4, 0.5) is 5.69 Å². The highest BCUT2D eigenvalue weighted by molar-refractivity contribution is 5.77. The van der Waals surface area contributed by atoms with Crippen LogP contribution in [0.2, 0.25) is 0 Å². The number of carboxylic acid groups (broad SMARTS) is 1. The summed E-state index contributed by atoms with van der Waals surface area (Å²) in [7, 11) is 0. The second-order valence-corrected chi connectivity index (χ2v) is 7.46. The Balaban J connectivity index is 1.62. The molecule has 7 nitrogen and oxygen atoms in total. The van der Waals surface area contributed by atoms with Crippen LogP contribution in [0.5, 0.6) is 5.75 Å². The summed E-state index contributed by atoms with van der Waals surface area (Å²) in [6, 6.07) is 17.8. The minimum Gasteiger partial charge on any atom is -0.492 e. The van der Waals surface area contributed by atoms with Crippen LogP contribution in [0.15, 0.2) is 65.5 Å². The van der Waals surface area contributed by atoms with Gasteiger partial charge in [0.1, 0.15) is 24.2 Å². The van der Waals surface area contributed by atoms with Gasteiger partial charge in [-0.1, -0.05) is 50.6 Å². The van der Waals surface area contributed by atoms with Gasteiger partial charge < -0.3 is 15.2 Å². The second kappa shape index (κ2) is 11.1. The van der Waals surface area contributed by atoms with E-state index < -0.39 is 12.0 Å². The topological polar surface area (TPSA) is 93.5 Å². The van der Waals surface area contributed by atoms with Crippen molar-refractivity contribution in [2.45, 2.75) is 45.7 Å². The first kappa shape index (κ1) is 23.1. The van der Waals surface area contributed by atoms with Crippen LogP contribution in [0.25, 0.3) is 11.3 Å². The van der Waals surface area contributed by atoms with E-state index in [-0.39, 0.29) is 5.56 Å². The molecule has 168 valence electrons. The first-order valence-electron chi connectivity index (χ1n) is 10.9. The second-order valence-electron chi connectivity index (χ2n) is 7.46. The smallest absolute Gasteiger partial charge is 0.326 e. The molecule has 0 fully saturated rings. The SMILES string of the molecule is CCCC(Nc1ccc(OCCn2c(CC)nc(-c3ccccc3)cc2=O)cc1)C(=O)O. The fourth-order valence-corrected chi connectivity index (χ4v) is 3.47. The van der Waals surface area contributed by atoms with Gasteiger partial charge in [0.15, 0.2) is 0 Å². The quantitative estimate of drug-likeness (QED) is 0.468. The first-order chi connectivity index (χ1) is 15.5. The van der Waals surface area contributed by atoms with Crippen LogP contribution in [0.3, 0.4) is 0 Å². The molecule has 3 aromatic rings. The maximum absolute atomic E-state index is 12.7. The Bertz CT molecular complexity index is 1080. The number of rotatable bonds is 11. The normalized spacial score (nSPS) is 11.7. The molecule has 0 amide bonds. The minimum atomic E-state index is -0.865. The minimum absolute atomic E-state index is 0.102. The molecule has 1 unspecified atom stereocenters. The van der Waals surface area contributed by atoms with Crippen molar-refractivity contribution in [3.05, 3.63) is 76.8 Å². The molecule has 1 aromatic heterocycles. The highest BCUT2D eigenvalue weighted by Crippen LogP contribution is 2.18. The van der Waals surface area contributed by atoms with Crippen molar-refractivity contribution in [1.82, 2.24) is 9.55 Å². The van der Waals surface area contributed by atoms with Crippen LogP contribution in [0.1, 0.15) is 32.5 Å². The lowest BCUT2D eigenvalue weighted by Crippen LogP contribution is -2.28. The fourth-order valence-electron chi connectivity index (χ4n) is 3.47. The van der Waals surface area contributed by atoms with Gasteiger partial charge in [-0.15, -0.1) is 0 Å². The number of hydrogen-bond donors (Lipinski definition) is 2. The molecule has 2 N–H and O–H groups in total. The molecule has 0 bridgehead atoms. The van der Waals surface area contributed by atoms with E-state index in [1.54, 1.807) is 34.9 Å². The molecule has 1 heterocycles. The Hall–Kier alpha value is -3.61. The molecule has 2 aromatic carbocycles. The summed E-state index contributed by atoms with van der Waals surface area (Å²) in [5.41, 5.74) is 2.22. The van der Waals surface area contributed by atoms with Crippen LogP contribution in [-0.4, -0.2) is 33.3 Å². The zero-order valence-electron chi connectivity index (χ0n) is 18.5. The summed E-state index contributed by atoms with van der Waals surface area (Å²) in [4.78, 5) is 28.7. The highest BCUT2D eigenvalue weighted by Gasteiger charge is 2.15. The van der Waals surface area contributed by atoms with Gasteiger partial charge in [0.25, 0.3) is 5.56 Å². The molecule has 1 atom stereocenters. The molecule has 0 aliphatic rings. The summed E-state index contributed by atoms with van der Waals surface area (Å²) in [6.45, 7) is 4.64. The van der Waals surface area contributed by atoms with E-state index in [1.807, 2.05) is 44.2 Å². The predicted molar refractivity (Wildman–Crippen MR) is 125 cm³/mol. The highest BCUT2D eigenvalue weighted by atomic mass is 16.5. The van der Waals surface area contributed by atoms with Crippen molar-refractivity contribution in [3.63, 3.8) is 0 Å². The number of ether oxygens (including phenoxy) is 1. The Morgan fingerprint density at radius 2 is 1.84 bits per heavy atom. The van der Waals surface area contributed by atoms with Crippen molar-refractivity contribution in [2.24, 2.45) is 0 Å². The Morgan fingerprint density at radius 3 is 2.47 bits per heavy atom. The van der Waals surface area contributed by atoms with Gasteiger partial charge in [0.05, 0.1) is 12.2 Å². The van der Waals surface area contributed by atoms with Gasteiger partial charge in [0, 0.05) is 23.7 Å². The number of aliphatic carboxylic acids is 1. The molecule has 32 heavy (non-hydrogen) atoms. The molecule has 0 aliphatic carbocycles. The molecule has 3 rings (SSSR count). The van der Waals surface area contributed by atoms with Gasteiger partial charge in [0.2, 0.25) is 0 Å². The van der Waals surface area contributed by atoms with Gasteiger partial charge >= 0.3 is 5.97 Å². The molecule has 0 aliphatic heterocycles. The number of nitrogens with zero attached hydrogens (tertiary/aromatic N) is 2. The standard InChI is InChI=1S/C25H29N3O4/c1-3-8-21(25(30)31)26-19-11-13-20(14-12-19)32-16-15-28-23(4-2)27-22(17-24(28)29)18-9-6-5-7-10-18/h5-7,9-14,17,21,26H,3-4,8,15-16H2,1-2H3,(H,30,31). The maximum Gasteiger partial charge on any atom is 0.326 e. The van der Waals surface area contributed by atoms with Gasteiger partial charge in [-0.2, -0.15) is 0 Å². The fraction of sp³-hybridized carbons (Fsp3) is 0.320. The van der Waals surface area contributed by atoms with E-state index in [4.69, 9.17) is 4.74 Å². The number of aryl methyl sites for hydroxylation is 1.